The summed E-state index contributed by atoms with van der Waals surface area (Å²) in [6, 6.07) is 14.3. The molecule has 5 nitrogen and oxygen atoms in total. The Morgan fingerprint density at radius 3 is 2.61 bits per heavy atom. The van der Waals surface area contributed by atoms with Crippen LogP contribution in [0.2, 0.25) is 0 Å². The number of carbonyl (C=O) groups is 1. The van der Waals surface area contributed by atoms with E-state index in [9.17, 15) is 9.90 Å². The number of benzene rings is 2. The number of aromatic nitrogens is 1. The molecule has 2 N–H and O–H groups in total. The highest BCUT2D eigenvalue weighted by Gasteiger charge is 2.17. The largest absolute Gasteiger partial charge is 0.507 e. The molecule has 5 heteroatoms. The van der Waals surface area contributed by atoms with Crippen LogP contribution in [0.15, 0.2) is 53.1 Å². The summed E-state index contributed by atoms with van der Waals surface area (Å²) in [5.74, 6) is 0.115. The number of rotatable bonds is 3. The monoisotopic (exact) mass is 308 g/mol. The SMILES string of the molecule is Cc1cc(C)c(O)c(-c2cc(C(=O)Nc3ccccc3)no2)c1. The summed E-state index contributed by atoms with van der Waals surface area (Å²) < 4.78 is 5.23. The first-order valence-electron chi connectivity index (χ1n) is 7.18. The second kappa shape index (κ2) is 5.96. The van der Waals surface area contributed by atoms with Crippen LogP contribution < -0.4 is 5.32 Å². The highest BCUT2D eigenvalue weighted by molar-refractivity contribution is 6.03. The number of phenolic OH excluding ortho intramolecular Hbond substituents is 1. The fraction of sp³-hybridized carbons (Fsp3) is 0.111. The molecule has 0 saturated carbocycles. The zero-order valence-corrected chi connectivity index (χ0v) is 12.8. The van der Waals surface area contributed by atoms with E-state index < -0.39 is 0 Å². The van der Waals surface area contributed by atoms with Crippen LogP contribution in [-0.4, -0.2) is 16.2 Å². The van der Waals surface area contributed by atoms with Gasteiger partial charge in [0.1, 0.15) is 5.75 Å². The quantitative estimate of drug-likeness (QED) is 0.769. The molecular weight excluding hydrogens is 292 g/mol. The van der Waals surface area contributed by atoms with Crippen molar-refractivity contribution in [2.24, 2.45) is 0 Å². The fourth-order valence-electron chi connectivity index (χ4n) is 2.37. The third-order valence-corrected chi connectivity index (χ3v) is 3.48. The van der Waals surface area contributed by atoms with Gasteiger partial charge in [0, 0.05) is 11.8 Å². The summed E-state index contributed by atoms with van der Waals surface area (Å²) in [6.45, 7) is 3.74. The lowest BCUT2D eigenvalue weighted by Gasteiger charge is -2.05. The number of phenols is 1. The van der Waals surface area contributed by atoms with E-state index in [0.717, 1.165) is 11.1 Å². The zero-order valence-electron chi connectivity index (χ0n) is 12.8. The maximum atomic E-state index is 12.2. The Morgan fingerprint density at radius 1 is 1.13 bits per heavy atom. The number of hydrogen-bond acceptors (Lipinski definition) is 4. The Kier molecular flexibility index (Phi) is 3.85. The van der Waals surface area contributed by atoms with E-state index in [1.807, 2.05) is 38.1 Å². The molecule has 1 amide bonds. The first-order valence-corrected chi connectivity index (χ1v) is 7.18. The molecule has 0 bridgehead atoms. The van der Waals surface area contributed by atoms with Gasteiger partial charge in [-0.2, -0.15) is 0 Å². The molecule has 116 valence electrons. The maximum absolute atomic E-state index is 12.2. The lowest BCUT2D eigenvalue weighted by molar-refractivity contribution is 0.101. The third-order valence-electron chi connectivity index (χ3n) is 3.48. The van der Waals surface area contributed by atoms with E-state index in [2.05, 4.69) is 10.5 Å². The summed E-state index contributed by atoms with van der Waals surface area (Å²) in [4.78, 5) is 12.2. The standard InChI is InChI=1S/C18H16N2O3/c1-11-8-12(2)17(21)14(9-11)16-10-15(20-23-16)18(22)19-13-6-4-3-5-7-13/h3-10,21H,1-2H3,(H,19,22). The number of para-hydroxylation sites is 1. The third kappa shape index (κ3) is 3.08. The molecule has 1 heterocycles. The van der Waals surface area contributed by atoms with E-state index in [4.69, 9.17) is 4.52 Å². The van der Waals surface area contributed by atoms with Crippen molar-refractivity contribution in [3.63, 3.8) is 0 Å². The minimum absolute atomic E-state index is 0.127. The summed E-state index contributed by atoms with van der Waals surface area (Å²) in [5, 5.41) is 16.7. The van der Waals surface area contributed by atoms with Gasteiger partial charge in [-0.05, 0) is 43.2 Å². The Labute approximate surface area is 133 Å². The summed E-state index contributed by atoms with van der Waals surface area (Å²) in [7, 11) is 0. The van der Waals surface area contributed by atoms with Crippen LogP contribution in [0.1, 0.15) is 21.6 Å². The van der Waals surface area contributed by atoms with Crippen molar-refractivity contribution in [1.82, 2.24) is 5.16 Å². The van der Waals surface area contributed by atoms with Crippen molar-refractivity contribution in [2.75, 3.05) is 5.32 Å². The van der Waals surface area contributed by atoms with Gasteiger partial charge in [-0.15, -0.1) is 0 Å². The van der Waals surface area contributed by atoms with E-state index in [1.54, 1.807) is 18.2 Å². The first kappa shape index (κ1) is 14.8. The van der Waals surface area contributed by atoms with Gasteiger partial charge in [0.25, 0.3) is 5.91 Å². The molecule has 1 aromatic heterocycles. The Bertz CT molecular complexity index is 854. The molecule has 0 spiro atoms. The lowest BCUT2D eigenvalue weighted by Crippen LogP contribution is -2.11. The molecule has 0 saturated heterocycles. The minimum Gasteiger partial charge on any atom is -0.507 e. The predicted octanol–water partition coefficient (Wildman–Crippen LogP) is 3.92. The number of aryl methyl sites for hydroxylation is 2. The number of amides is 1. The van der Waals surface area contributed by atoms with Gasteiger partial charge in [0.15, 0.2) is 11.5 Å². The van der Waals surface area contributed by atoms with Gasteiger partial charge < -0.3 is 14.9 Å². The van der Waals surface area contributed by atoms with Crippen molar-refractivity contribution < 1.29 is 14.4 Å². The lowest BCUT2D eigenvalue weighted by atomic mass is 10.0. The average molecular weight is 308 g/mol. The molecule has 0 aliphatic carbocycles. The van der Waals surface area contributed by atoms with E-state index in [0.29, 0.717) is 17.0 Å². The molecule has 3 aromatic rings. The van der Waals surface area contributed by atoms with Crippen molar-refractivity contribution in [1.29, 1.82) is 0 Å². The Morgan fingerprint density at radius 2 is 1.87 bits per heavy atom. The van der Waals surface area contributed by atoms with Crippen LogP contribution in [0, 0.1) is 13.8 Å². The predicted molar refractivity (Wildman–Crippen MR) is 87.5 cm³/mol. The molecule has 0 fully saturated rings. The van der Waals surface area contributed by atoms with Gasteiger partial charge in [-0.3, -0.25) is 4.79 Å². The zero-order chi connectivity index (χ0) is 16.4. The van der Waals surface area contributed by atoms with Gasteiger partial charge in [-0.1, -0.05) is 29.4 Å². The van der Waals surface area contributed by atoms with Crippen LogP contribution in [0.4, 0.5) is 5.69 Å². The van der Waals surface area contributed by atoms with Crippen LogP contribution >= 0.6 is 0 Å². The molecule has 3 rings (SSSR count). The number of aromatic hydroxyl groups is 1. The van der Waals surface area contributed by atoms with Gasteiger partial charge in [-0.25, -0.2) is 0 Å². The summed E-state index contributed by atoms with van der Waals surface area (Å²) in [5.41, 5.74) is 3.08. The van der Waals surface area contributed by atoms with Crippen LogP contribution in [0.3, 0.4) is 0 Å². The smallest absolute Gasteiger partial charge is 0.277 e. The topological polar surface area (TPSA) is 75.4 Å². The fourth-order valence-corrected chi connectivity index (χ4v) is 2.37. The molecule has 2 aromatic carbocycles. The first-order chi connectivity index (χ1) is 11.0. The molecule has 0 unspecified atom stereocenters. The number of hydrogen-bond donors (Lipinski definition) is 2. The van der Waals surface area contributed by atoms with Crippen molar-refractivity contribution in [2.45, 2.75) is 13.8 Å². The normalized spacial score (nSPS) is 10.5. The van der Waals surface area contributed by atoms with E-state index in [-0.39, 0.29) is 17.4 Å². The second-order valence-electron chi connectivity index (χ2n) is 5.37. The summed E-state index contributed by atoms with van der Waals surface area (Å²) >= 11 is 0. The highest BCUT2D eigenvalue weighted by atomic mass is 16.5. The van der Waals surface area contributed by atoms with Crippen molar-refractivity contribution in [3.05, 3.63) is 65.4 Å². The van der Waals surface area contributed by atoms with Crippen molar-refractivity contribution >= 4 is 11.6 Å². The van der Waals surface area contributed by atoms with E-state index in [1.165, 1.54) is 6.07 Å². The maximum Gasteiger partial charge on any atom is 0.277 e. The van der Waals surface area contributed by atoms with Crippen LogP contribution in [0.25, 0.3) is 11.3 Å². The molecule has 0 atom stereocenters. The molecule has 0 aliphatic rings. The molecule has 0 aliphatic heterocycles. The average Bonchev–Trinajstić information content (AvgIpc) is 3.01. The Hall–Kier alpha value is -3.08. The highest BCUT2D eigenvalue weighted by Crippen LogP contribution is 2.33. The summed E-state index contributed by atoms with van der Waals surface area (Å²) in [6.07, 6.45) is 0. The number of nitrogens with zero attached hydrogens (tertiary/aromatic N) is 1. The number of nitrogens with one attached hydrogen (secondary N) is 1. The van der Waals surface area contributed by atoms with Crippen molar-refractivity contribution in [3.8, 4) is 17.1 Å². The minimum atomic E-state index is -0.366. The molecule has 0 radical (unpaired) electrons. The molecule has 23 heavy (non-hydrogen) atoms. The molecular formula is C18H16N2O3. The Balaban J connectivity index is 1.88. The second-order valence-corrected chi connectivity index (χ2v) is 5.37. The van der Waals surface area contributed by atoms with Gasteiger partial charge in [0.05, 0.1) is 5.56 Å². The van der Waals surface area contributed by atoms with Crippen LogP contribution in [-0.2, 0) is 0 Å². The number of carbonyl (C=O) groups excluding carboxylic acids is 1. The van der Waals surface area contributed by atoms with E-state index >= 15 is 0 Å². The van der Waals surface area contributed by atoms with Crippen LogP contribution in [0.5, 0.6) is 5.75 Å². The van der Waals surface area contributed by atoms with Gasteiger partial charge in [0.2, 0.25) is 0 Å². The number of anilines is 1. The van der Waals surface area contributed by atoms with Gasteiger partial charge >= 0.3 is 0 Å².